The third-order valence-electron chi connectivity index (χ3n) is 3.04. The molecule has 0 bridgehead atoms. The van der Waals surface area contributed by atoms with Crippen LogP contribution in [0.5, 0.6) is 5.75 Å². The Morgan fingerprint density at radius 2 is 2.00 bits per heavy atom. The van der Waals surface area contributed by atoms with Crippen molar-refractivity contribution in [2.75, 3.05) is 0 Å². The summed E-state index contributed by atoms with van der Waals surface area (Å²) >= 11 is 0. The zero-order valence-corrected chi connectivity index (χ0v) is 10.3. The van der Waals surface area contributed by atoms with E-state index >= 15 is 0 Å². The van der Waals surface area contributed by atoms with Gasteiger partial charge in [-0.2, -0.15) is 0 Å². The first-order chi connectivity index (χ1) is 8.08. The predicted octanol–water partition coefficient (Wildman–Crippen LogP) is 3.05. The van der Waals surface area contributed by atoms with Crippen molar-refractivity contribution in [1.29, 1.82) is 0 Å². The SMILES string of the molecule is CC(C)Oc1cc2c(c(C(=O)O)c1)CCCC2. The van der Waals surface area contributed by atoms with Crippen LogP contribution in [0.4, 0.5) is 0 Å². The summed E-state index contributed by atoms with van der Waals surface area (Å²) in [6.07, 6.45) is 4.12. The third-order valence-corrected chi connectivity index (χ3v) is 3.04. The molecule has 0 aliphatic heterocycles. The van der Waals surface area contributed by atoms with E-state index in [1.807, 2.05) is 19.9 Å². The van der Waals surface area contributed by atoms with E-state index in [9.17, 15) is 9.90 Å². The number of carbonyl (C=O) groups is 1. The quantitative estimate of drug-likeness (QED) is 0.874. The van der Waals surface area contributed by atoms with E-state index in [1.54, 1.807) is 6.07 Å². The Labute approximate surface area is 101 Å². The number of aromatic carboxylic acids is 1. The van der Waals surface area contributed by atoms with Gasteiger partial charge >= 0.3 is 5.97 Å². The lowest BCUT2D eigenvalue weighted by Crippen LogP contribution is -2.13. The number of fused-ring (bicyclic) bond motifs is 1. The highest BCUT2D eigenvalue weighted by atomic mass is 16.5. The van der Waals surface area contributed by atoms with Gasteiger partial charge < -0.3 is 9.84 Å². The highest BCUT2D eigenvalue weighted by Gasteiger charge is 2.19. The van der Waals surface area contributed by atoms with Crippen LogP contribution in [0.2, 0.25) is 0 Å². The van der Waals surface area contributed by atoms with E-state index in [-0.39, 0.29) is 6.10 Å². The molecule has 0 saturated carbocycles. The lowest BCUT2D eigenvalue weighted by Gasteiger charge is -2.20. The first kappa shape index (κ1) is 12.0. The summed E-state index contributed by atoms with van der Waals surface area (Å²) in [6, 6.07) is 3.66. The molecule has 2 rings (SSSR count). The topological polar surface area (TPSA) is 46.5 Å². The molecule has 0 radical (unpaired) electrons. The maximum Gasteiger partial charge on any atom is 0.336 e. The van der Waals surface area contributed by atoms with E-state index in [0.29, 0.717) is 11.3 Å². The standard InChI is InChI=1S/C14H18O3/c1-9(2)17-11-7-10-5-3-4-6-12(10)13(8-11)14(15)16/h7-9H,3-6H2,1-2H3,(H,15,16). The van der Waals surface area contributed by atoms with E-state index in [2.05, 4.69) is 0 Å². The largest absolute Gasteiger partial charge is 0.491 e. The highest BCUT2D eigenvalue weighted by Crippen LogP contribution is 2.29. The molecule has 0 saturated heterocycles. The van der Waals surface area contributed by atoms with Gasteiger partial charge in [-0.1, -0.05) is 0 Å². The molecule has 92 valence electrons. The van der Waals surface area contributed by atoms with Gasteiger partial charge in [0.05, 0.1) is 11.7 Å². The fraction of sp³-hybridized carbons (Fsp3) is 0.500. The van der Waals surface area contributed by atoms with Gasteiger partial charge in [-0.25, -0.2) is 4.79 Å². The van der Waals surface area contributed by atoms with Crippen LogP contribution in [0, 0.1) is 0 Å². The van der Waals surface area contributed by atoms with Gasteiger partial charge in [0.2, 0.25) is 0 Å². The third kappa shape index (κ3) is 2.60. The van der Waals surface area contributed by atoms with Crippen LogP contribution in [0.3, 0.4) is 0 Å². The van der Waals surface area contributed by atoms with Gasteiger partial charge in [0.15, 0.2) is 0 Å². The normalized spacial score (nSPS) is 14.5. The summed E-state index contributed by atoms with van der Waals surface area (Å²) in [4.78, 5) is 11.3. The number of aryl methyl sites for hydroxylation is 1. The molecule has 1 aromatic rings. The van der Waals surface area contributed by atoms with Crippen molar-refractivity contribution in [3.05, 3.63) is 28.8 Å². The van der Waals surface area contributed by atoms with Crippen molar-refractivity contribution < 1.29 is 14.6 Å². The Hall–Kier alpha value is -1.51. The van der Waals surface area contributed by atoms with Gasteiger partial charge in [-0.3, -0.25) is 0 Å². The van der Waals surface area contributed by atoms with E-state index in [4.69, 9.17) is 4.74 Å². The fourth-order valence-electron chi connectivity index (χ4n) is 2.37. The Bertz CT molecular complexity index is 435. The first-order valence-electron chi connectivity index (χ1n) is 6.13. The molecule has 1 aliphatic rings. The Morgan fingerprint density at radius 3 is 2.65 bits per heavy atom. The molecular weight excluding hydrogens is 216 g/mol. The van der Waals surface area contributed by atoms with Crippen LogP contribution in [0.1, 0.15) is 48.2 Å². The van der Waals surface area contributed by atoms with Crippen LogP contribution >= 0.6 is 0 Å². The maximum absolute atomic E-state index is 11.3. The van der Waals surface area contributed by atoms with Gasteiger partial charge in [-0.15, -0.1) is 0 Å². The molecule has 0 amide bonds. The lowest BCUT2D eigenvalue weighted by molar-refractivity contribution is 0.0694. The fourth-order valence-corrected chi connectivity index (χ4v) is 2.37. The van der Waals surface area contributed by atoms with Crippen LogP contribution in [-0.2, 0) is 12.8 Å². The molecule has 1 aromatic carbocycles. The molecule has 0 fully saturated rings. The minimum absolute atomic E-state index is 0.0679. The Kier molecular flexibility index (Phi) is 3.36. The minimum Gasteiger partial charge on any atom is -0.491 e. The number of hydrogen-bond acceptors (Lipinski definition) is 2. The molecule has 0 unspecified atom stereocenters. The Balaban J connectivity index is 2.44. The molecular formula is C14H18O3. The van der Waals surface area contributed by atoms with Crippen LogP contribution in [0.15, 0.2) is 12.1 Å². The van der Waals surface area contributed by atoms with Crippen molar-refractivity contribution in [3.8, 4) is 5.75 Å². The van der Waals surface area contributed by atoms with Gasteiger partial charge in [0.1, 0.15) is 5.75 Å². The minimum atomic E-state index is -0.850. The van der Waals surface area contributed by atoms with Crippen molar-refractivity contribution in [1.82, 2.24) is 0 Å². The highest BCUT2D eigenvalue weighted by molar-refractivity contribution is 5.90. The first-order valence-corrected chi connectivity index (χ1v) is 6.13. The maximum atomic E-state index is 11.3. The zero-order chi connectivity index (χ0) is 12.4. The zero-order valence-electron chi connectivity index (χ0n) is 10.3. The van der Waals surface area contributed by atoms with Crippen molar-refractivity contribution in [3.63, 3.8) is 0 Å². The number of rotatable bonds is 3. The van der Waals surface area contributed by atoms with Crippen LogP contribution < -0.4 is 4.74 Å². The molecule has 0 spiro atoms. The second-order valence-corrected chi connectivity index (χ2v) is 4.79. The number of carboxylic acids is 1. The number of carboxylic acid groups (broad SMARTS) is 1. The number of ether oxygens (including phenoxy) is 1. The second-order valence-electron chi connectivity index (χ2n) is 4.79. The molecule has 1 N–H and O–H groups in total. The van der Waals surface area contributed by atoms with Gasteiger partial charge in [0.25, 0.3) is 0 Å². The predicted molar refractivity (Wildman–Crippen MR) is 65.8 cm³/mol. The second kappa shape index (κ2) is 4.78. The molecule has 1 aliphatic carbocycles. The summed E-state index contributed by atoms with van der Waals surface area (Å²) in [5.41, 5.74) is 2.56. The lowest BCUT2D eigenvalue weighted by atomic mass is 9.88. The molecule has 3 heteroatoms. The summed E-state index contributed by atoms with van der Waals surface area (Å²) in [6.45, 7) is 3.89. The monoisotopic (exact) mass is 234 g/mol. The summed E-state index contributed by atoms with van der Waals surface area (Å²) in [5, 5.41) is 9.24. The van der Waals surface area contributed by atoms with Gasteiger partial charge in [0, 0.05) is 0 Å². The Morgan fingerprint density at radius 1 is 1.29 bits per heavy atom. The average molecular weight is 234 g/mol. The van der Waals surface area contributed by atoms with Gasteiger partial charge in [-0.05, 0) is 62.8 Å². The van der Waals surface area contributed by atoms with E-state index in [0.717, 1.165) is 36.8 Å². The number of benzene rings is 1. The van der Waals surface area contributed by atoms with Crippen LogP contribution in [-0.4, -0.2) is 17.2 Å². The van der Waals surface area contributed by atoms with Crippen LogP contribution in [0.25, 0.3) is 0 Å². The summed E-state index contributed by atoms with van der Waals surface area (Å²) in [5.74, 6) is -0.171. The number of hydrogen-bond donors (Lipinski definition) is 1. The molecule has 3 nitrogen and oxygen atoms in total. The summed E-state index contributed by atoms with van der Waals surface area (Å²) in [7, 11) is 0. The van der Waals surface area contributed by atoms with E-state index < -0.39 is 5.97 Å². The smallest absolute Gasteiger partial charge is 0.336 e. The van der Waals surface area contributed by atoms with Crippen molar-refractivity contribution in [2.24, 2.45) is 0 Å². The van der Waals surface area contributed by atoms with E-state index in [1.165, 1.54) is 0 Å². The molecule has 0 atom stereocenters. The summed E-state index contributed by atoms with van der Waals surface area (Å²) < 4.78 is 5.61. The van der Waals surface area contributed by atoms with Crippen molar-refractivity contribution in [2.45, 2.75) is 45.6 Å². The molecule has 0 heterocycles. The molecule has 17 heavy (non-hydrogen) atoms. The average Bonchev–Trinajstić information content (AvgIpc) is 2.27. The molecule has 0 aromatic heterocycles. The van der Waals surface area contributed by atoms with Crippen molar-refractivity contribution >= 4 is 5.97 Å².